The molecule has 0 radical (unpaired) electrons. The van der Waals surface area contributed by atoms with E-state index in [2.05, 4.69) is 30.4 Å². The monoisotopic (exact) mass is 347 g/mol. The second kappa shape index (κ2) is 8.53. The third-order valence-corrected chi connectivity index (χ3v) is 5.20. The number of hydrogen-bond donors (Lipinski definition) is 1. The second-order valence-corrected chi connectivity index (χ2v) is 7.13. The Morgan fingerprint density at radius 2 is 1.77 bits per heavy atom. The van der Waals surface area contributed by atoms with Crippen molar-refractivity contribution >= 4 is 11.7 Å². The third-order valence-electron chi connectivity index (χ3n) is 5.20. The number of urea groups is 1. The Bertz CT molecular complexity index is 769. The van der Waals surface area contributed by atoms with E-state index in [0.717, 1.165) is 13.1 Å². The van der Waals surface area contributed by atoms with Gasteiger partial charge in [0.05, 0.1) is 11.6 Å². The van der Waals surface area contributed by atoms with Crippen LogP contribution in [0.4, 0.5) is 10.5 Å². The van der Waals surface area contributed by atoms with Gasteiger partial charge in [-0.1, -0.05) is 48.4 Å². The Morgan fingerprint density at radius 3 is 2.35 bits per heavy atom. The molecule has 4 heteroatoms. The Kier molecular flexibility index (Phi) is 5.91. The number of amides is 2. The van der Waals surface area contributed by atoms with E-state index in [4.69, 9.17) is 5.26 Å². The average molecular weight is 347 g/mol. The van der Waals surface area contributed by atoms with Crippen LogP contribution in [0.2, 0.25) is 0 Å². The molecule has 2 aliphatic rings. The fourth-order valence-electron chi connectivity index (χ4n) is 3.80. The minimum Gasteiger partial charge on any atom is -0.324 e. The van der Waals surface area contributed by atoms with Crippen LogP contribution < -0.4 is 5.32 Å². The first kappa shape index (κ1) is 18.0. The molecule has 0 bridgehead atoms. The summed E-state index contributed by atoms with van der Waals surface area (Å²) in [6.07, 6.45) is 3.84. The second-order valence-electron chi connectivity index (χ2n) is 7.13. The number of nitriles is 1. The van der Waals surface area contributed by atoms with E-state index in [0.29, 0.717) is 23.1 Å². The highest BCUT2D eigenvalue weighted by atomic mass is 16.2. The van der Waals surface area contributed by atoms with Crippen LogP contribution in [-0.4, -0.2) is 24.0 Å². The van der Waals surface area contributed by atoms with Crippen LogP contribution in [0.1, 0.15) is 30.4 Å². The van der Waals surface area contributed by atoms with Crippen molar-refractivity contribution in [1.82, 2.24) is 4.90 Å². The number of rotatable bonds is 1. The van der Waals surface area contributed by atoms with E-state index in [9.17, 15) is 4.79 Å². The Morgan fingerprint density at radius 1 is 1.08 bits per heavy atom. The molecule has 0 spiro atoms. The normalized spacial score (nSPS) is 20.5. The first-order valence-corrected chi connectivity index (χ1v) is 9.23. The van der Waals surface area contributed by atoms with Crippen molar-refractivity contribution in [2.75, 3.05) is 18.4 Å². The average Bonchev–Trinajstić information content (AvgIpc) is 3.25. The van der Waals surface area contributed by atoms with Crippen LogP contribution >= 0.6 is 0 Å². The number of fused-ring (bicyclic) bond motifs is 1. The number of nitrogens with zero attached hydrogens (tertiary/aromatic N) is 2. The molecule has 1 N–H and O–H groups in total. The van der Waals surface area contributed by atoms with Gasteiger partial charge in [0.15, 0.2) is 0 Å². The van der Waals surface area contributed by atoms with Gasteiger partial charge in [0.25, 0.3) is 0 Å². The van der Waals surface area contributed by atoms with Gasteiger partial charge in [0.1, 0.15) is 0 Å². The van der Waals surface area contributed by atoms with Gasteiger partial charge in [-0.25, -0.2) is 4.79 Å². The lowest BCUT2D eigenvalue weighted by atomic mass is 10.0. The van der Waals surface area contributed by atoms with Gasteiger partial charge in [-0.2, -0.15) is 5.26 Å². The lowest BCUT2D eigenvalue weighted by Gasteiger charge is -2.18. The van der Waals surface area contributed by atoms with E-state index in [1.807, 2.05) is 29.2 Å². The largest absolute Gasteiger partial charge is 0.324 e. The molecule has 2 fully saturated rings. The van der Waals surface area contributed by atoms with Crippen LogP contribution in [0.5, 0.6) is 0 Å². The van der Waals surface area contributed by atoms with Crippen molar-refractivity contribution in [3.8, 4) is 6.07 Å². The molecule has 2 amide bonds. The predicted molar refractivity (Wildman–Crippen MR) is 104 cm³/mol. The van der Waals surface area contributed by atoms with E-state index in [1.165, 1.54) is 24.8 Å². The molecule has 2 aromatic rings. The van der Waals surface area contributed by atoms with Gasteiger partial charge in [-0.05, 0) is 49.8 Å². The maximum absolute atomic E-state index is 12.2. The zero-order valence-corrected chi connectivity index (χ0v) is 15.2. The Labute approximate surface area is 155 Å². The number of aryl methyl sites for hydroxylation is 1. The predicted octanol–water partition coefficient (Wildman–Crippen LogP) is 4.82. The lowest BCUT2D eigenvalue weighted by Crippen LogP contribution is -2.33. The van der Waals surface area contributed by atoms with E-state index < -0.39 is 0 Å². The molecule has 1 saturated heterocycles. The summed E-state index contributed by atoms with van der Waals surface area (Å²) in [6, 6.07) is 19.3. The number of carbonyl (C=O) groups excluding carboxylic acids is 1. The molecule has 2 aromatic carbocycles. The number of carbonyl (C=O) groups is 1. The Hall–Kier alpha value is -2.80. The van der Waals surface area contributed by atoms with Crippen LogP contribution in [0.3, 0.4) is 0 Å². The standard InChI is InChI=1S/C15H17N3O.C7H8/c16-8-11-3-1-6-14(7-11)17-15(19)18-9-12-4-2-5-13(12)10-18;1-7-5-3-2-4-6-7/h1,3,6-7,12-13H,2,4-5,9-10H2,(H,17,19);2-6H,1H3/t12-,13+;. The number of anilines is 1. The molecule has 2 atom stereocenters. The molecule has 1 saturated carbocycles. The van der Waals surface area contributed by atoms with Gasteiger partial charge in [-0.3, -0.25) is 0 Å². The van der Waals surface area contributed by atoms with Crippen molar-refractivity contribution in [2.24, 2.45) is 11.8 Å². The lowest BCUT2D eigenvalue weighted by molar-refractivity contribution is 0.219. The molecule has 134 valence electrons. The SMILES string of the molecule is Cc1ccccc1.N#Cc1cccc(NC(=O)N2C[C@H]3CCC[C@H]3C2)c1. The first-order valence-electron chi connectivity index (χ1n) is 9.23. The number of likely N-dealkylation sites (tertiary alicyclic amines) is 1. The van der Waals surface area contributed by atoms with Crippen LogP contribution in [0, 0.1) is 30.1 Å². The fraction of sp³-hybridized carbons (Fsp3) is 0.364. The van der Waals surface area contributed by atoms with Crippen molar-refractivity contribution < 1.29 is 4.79 Å². The third kappa shape index (κ3) is 4.64. The van der Waals surface area contributed by atoms with Crippen molar-refractivity contribution in [1.29, 1.82) is 5.26 Å². The zero-order chi connectivity index (χ0) is 18.4. The molecule has 1 aliphatic carbocycles. The molecular formula is C22H25N3O. The van der Waals surface area contributed by atoms with Gasteiger partial charge in [0, 0.05) is 18.8 Å². The van der Waals surface area contributed by atoms with Crippen molar-refractivity contribution in [3.63, 3.8) is 0 Å². The van der Waals surface area contributed by atoms with Gasteiger partial charge in [-0.15, -0.1) is 0 Å². The van der Waals surface area contributed by atoms with E-state index in [1.54, 1.807) is 18.2 Å². The van der Waals surface area contributed by atoms with Crippen LogP contribution in [0.25, 0.3) is 0 Å². The highest BCUT2D eigenvalue weighted by molar-refractivity contribution is 5.89. The first-order chi connectivity index (χ1) is 12.7. The zero-order valence-electron chi connectivity index (χ0n) is 15.2. The smallest absolute Gasteiger partial charge is 0.321 e. The van der Waals surface area contributed by atoms with Crippen molar-refractivity contribution in [2.45, 2.75) is 26.2 Å². The van der Waals surface area contributed by atoms with E-state index in [-0.39, 0.29) is 6.03 Å². The molecule has 4 nitrogen and oxygen atoms in total. The summed E-state index contributed by atoms with van der Waals surface area (Å²) < 4.78 is 0. The minimum absolute atomic E-state index is 0.0375. The molecule has 0 unspecified atom stereocenters. The highest BCUT2D eigenvalue weighted by Gasteiger charge is 2.37. The molecule has 1 heterocycles. The summed E-state index contributed by atoms with van der Waals surface area (Å²) in [6.45, 7) is 3.85. The summed E-state index contributed by atoms with van der Waals surface area (Å²) in [5.74, 6) is 1.41. The summed E-state index contributed by atoms with van der Waals surface area (Å²) in [4.78, 5) is 14.1. The number of nitrogens with one attached hydrogen (secondary N) is 1. The maximum atomic E-state index is 12.2. The highest BCUT2D eigenvalue weighted by Crippen LogP contribution is 2.37. The maximum Gasteiger partial charge on any atom is 0.321 e. The molecule has 4 rings (SSSR count). The number of hydrogen-bond acceptors (Lipinski definition) is 2. The quantitative estimate of drug-likeness (QED) is 0.804. The summed E-state index contributed by atoms with van der Waals surface area (Å²) in [5.41, 5.74) is 2.58. The topological polar surface area (TPSA) is 56.1 Å². The molecule has 0 aromatic heterocycles. The molecule has 26 heavy (non-hydrogen) atoms. The van der Waals surface area contributed by atoms with Gasteiger partial charge >= 0.3 is 6.03 Å². The minimum atomic E-state index is -0.0375. The molecule has 1 aliphatic heterocycles. The van der Waals surface area contributed by atoms with Crippen LogP contribution in [0.15, 0.2) is 54.6 Å². The van der Waals surface area contributed by atoms with Crippen LogP contribution in [-0.2, 0) is 0 Å². The fourth-order valence-corrected chi connectivity index (χ4v) is 3.80. The van der Waals surface area contributed by atoms with Gasteiger partial charge < -0.3 is 10.2 Å². The van der Waals surface area contributed by atoms with Gasteiger partial charge in [0.2, 0.25) is 0 Å². The number of benzene rings is 2. The van der Waals surface area contributed by atoms with Crippen molar-refractivity contribution in [3.05, 3.63) is 65.7 Å². The Balaban J connectivity index is 0.000000236. The molecular weight excluding hydrogens is 322 g/mol. The summed E-state index contributed by atoms with van der Waals surface area (Å²) >= 11 is 0. The summed E-state index contributed by atoms with van der Waals surface area (Å²) in [5, 5.41) is 11.7. The van der Waals surface area contributed by atoms with E-state index >= 15 is 0 Å². The summed E-state index contributed by atoms with van der Waals surface area (Å²) in [7, 11) is 0.